The summed E-state index contributed by atoms with van der Waals surface area (Å²) >= 11 is 6.55. The number of aliphatic carboxylic acids is 1. The lowest BCUT2D eigenvalue weighted by molar-refractivity contribution is -0.224. The number of benzene rings is 1. The lowest BCUT2D eigenvalue weighted by atomic mass is 9.38. The number of alkyl halides is 2. The van der Waals surface area contributed by atoms with Gasteiger partial charge in [0.25, 0.3) is 0 Å². The predicted molar refractivity (Wildman–Crippen MR) is 128 cm³/mol. The monoisotopic (exact) mass is 507 g/mol. The van der Waals surface area contributed by atoms with Gasteiger partial charge >= 0.3 is 5.97 Å². The highest BCUT2D eigenvalue weighted by atomic mass is 35.5. The Bertz CT molecular complexity index is 1090. The maximum absolute atomic E-state index is 13.9. The topological polar surface area (TPSA) is 66.8 Å². The number of carbonyl (C=O) groups excluding carboxylic acids is 1. The van der Waals surface area contributed by atoms with Crippen LogP contribution in [0.3, 0.4) is 0 Å². The van der Waals surface area contributed by atoms with Crippen molar-refractivity contribution in [1.82, 2.24) is 4.90 Å². The maximum Gasteiger partial charge on any atom is 0.309 e. The van der Waals surface area contributed by atoms with Crippen molar-refractivity contribution >= 4 is 23.5 Å². The molecule has 190 valence electrons. The second kappa shape index (κ2) is 7.92. The fraction of sp³-hybridized carbons (Fsp3) is 0.630. The van der Waals surface area contributed by atoms with E-state index in [1.54, 1.807) is 23.2 Å². The van der Waals surface area contributed by atoms with Gasteiger partial charge in [0.15, 0.2) is 0 Å². The van der Waals surface area contributed by atoms with Crippen molar-refractivity contribution in [1.29, 1.82) is 0 Å². The van der Waals surface area contributed by atoms with Crippen LogP contribution < -0.4 is 4.74 Å². The summed E-state index contributed by atoms with van der Waals surface area (Å²) in [6.07, 6.45) is 3.60. The molecular weight excluding hydrogens is 476 g/mol. The number of rotatable bonds is 8. The number of hydrogen-bond donors (Lipinski definition) is 1. The Balaban J connectivity index is 1.44. The number of carboxylic acids is 1. The van der Waals surface area contributed by atoms with Crippen LogP contribution in [0.5, 0.6) is 5.75 Å². The van der Waals surface area contributed by atoms with Crippen molar-refractivity contribution in [3.05, 3.63) is 40.6 Å². The van der Waals surface area contributed by atoms with E-state index < -0.39 is 28.3 Å². The third-order valence-electron chi connectivity index (χ3n) is 8.70. The Hall–Kier alpha value is -2.15. The standard InChI is InChI=1S/C27H32ClF2NO4/c1-16(2)6-7-35-21-5-4-18(8-20(21)28)24(3)11-22(32)31(12-19(24)17-9-27(29,30)10-17)26-13-25(14-26,15-26)23(33)34/h4-5,8,12,16-17H,6-7,9-11,13-15H2,1-3H3,(H,33,34)/t24-,25?,26?/m0/s1. The molecule has 1 amide bonds. The molecule has 1 heterocycles. The van der Waals surface area contributed by atoms with Gasteiger partial charge in [0.05, 0.1) is 22.6 Å². The van der Waals surface area contributed by atoms with E-state index in [9.17, 15) is 23.5 Å². The van der Waals surface area contributed by atoms with Crippen LogP contribution in [-0.2, 0) is 15.0 Å². The number of carbonyl (C=O) groups is 2. The second-order valence-corrected chi connectivity index (χ2v) is 12.2. The van der Waals surface area contributed by atoms with E-state index in [1.807, 2.05) is 13.0 Å². The first-order valence-corrected chi connectivity index (χ1v) is 12.8. The molecule has 1 N–H and O–H groups in total. The van der Waals surface area contributed by atoms with E-state index in [2.05, 4.69) is 13.8 Å². The molecule has 4 fully saturated rings. The molecule has 0 unspecified atom stereocenters. The van der Waals surface area contributed by atoms with Gasteiger partial charge in [-0.3, -0.25) is 9.59 Å². The molecule has 5 aliphatic rings. The Morgan fingerprint density at radius 2 is 1.91 bits per heavy atom. The average Bonchev–Trinajstić information content (AvgIpc) is 2.66. The Kier molecular flexibility index (Phi) is 5.56. The largest absolute Gasteiger partial charge is 0.492 e. The van der Waals surface area contributed by atoms with Crippen LogP contribution in [-0.4, -0.2) is 40.0 Å². The summed E-state index contributed by atoms with van der Waals surface area (Å²) in [6, 6.07) is 5.47. The molecule has 35 heavy (non-hydrogen) atoms. The van der Waals surface area contributed by atoms with E-state index in [1.165, 1.54) is 0 Å². The number of ether oxygens (including phenoxy) is 1. The first-order chi connectivity index (χ1) is 16.3. The number of amides is 1. The van der Waals surface area contributed by atoms with Gasteiger partial charge in [0.1, 0.15) is 5.75 Å². The number of carboxylic acid groups (broad SMARTS) is 1. The van der Waals surface area contributed by atoms with E-state index >= 15 is 0 Å². The zero-order chi connectivity index (χ0) is 25.4. The van der Waals surface area contributed by atoms with Gasteiger partial charge in [-0.15, -0.1) is 0 Å². The third-order valence-corrected chi connectivity index (χ3v) is 8.99. The lowest BCUT2D eigenvalue weighted by Crippen LogP contribution is -2.77. The molecule has 4 saturated carbocycles. The molecule has 1 aromatic rings. The SMILES string of the molecule is CC(C)CCOc1ccc([C@]2(C)CC(=O)N(C34CC(C(=O)O)(C3)C4)C=C2C2CC(F)(F)C2)cc1Cl. The van der Waals surface area contributed by atoms with Gasteiger partial charge in [0, 0.05) is 30.9 Å². The van der Waals surface area contributed by atoms with Crippen molar-refractivity contribution in [3.8, 4) is 5.75 Å². The Morgan fingerprint density at radius 3 is 2.46 bits per heavy atom. The lowest BCUT2D eigenvalue weighted by Gasteiger charge is -2.71. The van der Waals surface area contributed by atoms with Crippen molar-refractivity contribution in [3.63, 3.8) is 0 Å². The van der Waals surface area contributed by atoms with Crippen molar-refractivity contribution in [2.75, 3.05) is 6.61 Å². The minimum Gasteiger partial charge on any atom is -0.492 e. The van der Waals surface area contributed by atoms with Gasteiger partial charge in [-0.2, -0.15) is 0 Å². The molecule has 0 aromatic heterocycles. The number of allylic oxidation sites excluding steroid dienone is 1. The van der Waals surface area contributed by atoms with Crippen molar-refractivity contribution in [2.45, 2.75) is 82.6 Å². The zero-order valence-corrected chi connectivity index (χ0v) is 21.1. The fourth-order valence-electron chi connectivity index (χ4n) is 6.53. The van der Waals surface area contributed by atoms with E-state index in [4.69, 9.17) is 16.3 Å². The first-order valence-electron chi connectivity index (χ1n) is 12.4. The predicted octanol–water partition coefficient (Wildman–Crippen LogP) is 6.19. The second-order valence-electron chi connectivity index (χ2n) is 11.8. The number of hydrogen-bond acceptors (Lipinski definition) is 3. The minimum absolute atomic E-state index is 0.102. The van der Waals surface area contributed by atoms with Crippen molar-refractivity contribution in [2.24, 2.45) is 17.3 Å². The minimum atomic E-state index is -2.70. The van der Waals surface area contributed by atoms with Gasteiger partial charge < -0.3 is 14.7 Å². The van der Waals surface area contributed by atoms with Crippen LogP contribution >= 0.6 is 11.6 Å². The summed E-state index contributed by atoms with van der Waals surface area (Å²) in [5.74, 6) is -2.89. The van der Waals surface area contributed by atoms with Crippen molar-refractivity contribution < 1.29 is 28.2 Å². The molecule has 8 heteroatoms. The maximum atomic E-state index is 13.9. The summed E-state index contributed by atoms with van der Waals surface area (Å²) in [5, 5.41) is 9.92. The highest BCUT2D eigenvalue weighted by Gasteiger charge is 2.75. The number of halogens is 3. The molecule has 1 aliphatic heterocycles. The normalized spacial score (nSPS) is 33.5. The molecule has 0 saturated heterocycles. The van der Waals surface area contributed by atoms with Gasteiger partial charge in [0.2, 0.25) is 11.8 Å². The van der Waals surface area contributed by atoms with Crippen LogP contribution in [0.15, 0.2) is 30.0 Å². The zero-order valence-electron chi connectivity index (χ0n) is 20.4. The van der Waals surface area contributed by atoms with Crippen LogP contribution in [0.25, 0.3) is 0 Å². The summed E-state index contributed by atoms with van der Waals surface area (Å²) in [4.78, 5) is 26.7. The summed E-state index contributed by atoms with van der Waals surface area (Å²) < 4.78 is 33.6. The summed E-state index contributed by atoms with van der Waals surface area (Å²) in [6.45, 7) is 6.70. The smallest absolute Gasteiger partial charge is 0.309 e. The van der Waals surface area contributed by atoms with E-state index in [0.29, 0.717) is 42.6 Å². The third kappa shape index (κ3) is 3.85. The van der Waals surface area contributed by atoms with Gasteiger partial charge in [-0.25, -0.2) is 8.78 Å². The molecule has 0 spiro atoms. The molecule has 6 rings (SSSR count). The molecule has 4 aliphatic carbocycles. The average molecular weight is 508 g/mol. The van der Waals surface area contributed by atoms with Crippen LogP contribution in [0.4, 0.5) is 8.78 Å². The van der Waals surface area contributed by atoms with Crippen LogP contribution in [0.1, 0.15) is 71.3 Å². The highest BCUT2D eigenvalue weighted by molar-refractivity contribution is 6.32. The molecule has 0 radical (unpaired) electrons. The molecule has 1 aromatic carbocycles. The van der Waals surface area contributed by atoms with Crippen LogP contribution in [0, 0.1) is 17.3 Å². The molecule has 1 atom stereocenters. The van der Waals surface area contributed by atoms with Gasteiger partial charge in [-0.05, 0) is 60.8 Å². The van der Waals surface area contributed by atoms with E-state index in [0.717, 1.165) is 17.6 Å². The quantitative estimate of drug-likeness (QED) is 0.455. The molecular formula is C27H32ClF2NO4. The highest BCUT2D eigenvalue weighted by Crippen LogP contribution is 2.71. The molecule has 2 bridgehead atoms. The van der Waals surface area contributed by atoms with Gasteiger partial charge in [-0.1, -0.05) is 38.4 Å². The summed E-state index contributed by atoms with van der Waals surface area (Å²) in [7, 11) is 0. The fourth-order valence-corrected chi connectivity index (χ4v) is 6.77. The Morgan fingerprint density at radius 1 is 1.26 bits per heavy atom. The molecule has 5 nitrogen and oxygen atoms in total. The van der Waals surface area contributed by atoms with E-state index in [-0.39, 0.29) is 31.1 Å². The summed E-state index contributed by atoms with van der Waals surface area (Å²) in [5.41, 5.74) is -0.380. The Labute approximate surface area is 209 Å². The first kappa shape index (κ1) is 24.5. The number of nitrogens with zero attached hydrogens (tertiary/aromatic N) is 1. The van der Waals surface area contributed by atoms with Crippen LogP contribution in [0.2, 0.25) is 5.02 Å².